The van der Waals surface area contributed by atoms with Crippen molar-refractivity contribution in [1.29, 1.82) is 0 Å². The molecule has 1 amide bonds. The third-order valence-corrected chi connectivity index (χ3v) is 5.09. The first kappa shape index (κ1) is 21.9. The Morgan fingerprint density at radius 3 is 2.64 bits per heavy atom. The number of benzene rings is 2. The van der Waals surface area contributed by atoms with E-state index in [9.17, 15) is 14.9 Å². The number of carbonyl (C=O) groups is 1. The fraction of sp³-hybridized carbons (Fsp3) is 0.381. The summed E-state index contributed by atoms with van der Waals surface area (Å²) in [6, 6.07) is 15.0. The van der Waals surface area contributed by atoms with Gasteiger partial charge in [0.15, 0.2) is 0 Å². The average Bonchev–Trinajstić information content (AvgIpc) is 2.72. The van der Waals surface area contributed by atoms with E-state index in [0.29, 0.717) is 19.4 Å². The summed E-state index contributed by atoms with van der Waals surface area (Å²) in [4.78, 5) is 25.3. The van der Waals surface area contributed by atoms with Crippen molar-refractivity contribution in [3.8, 4) is 0 Å². The van der Waals surface area contributed by atoms with Crippen LogP contribution in [0.3, 0.4) is 0 Å². The monoisotopic (exact) mass is 403 g/mol. The van der Waals surface area contributed by atoms with E-state index < -0.39 is 4.92 Å². The molecule has 1 aliphatic rings. The van der Waals surface area contributed by atoms with Gasteiger partial charge in [-0.25, -0.2) is 0 Å². The summed E-state index contributed by atoms with van der Waals surface area (Å²) in [5.74, 6) is 0.0903. The number of amides is 1. The Bertz CT molecular complexity index is 811. The van der Waals surface area contributed by atoms with E-state index in [4.69, 9.17) is 0 Å². The fourth-order valence-electron chi connectivity index (χ4n) is 3.50. The third kappa shape index (κ3) is 5.30. The molecule has 0 aliphatic carbocycles. The summed E-state index contributed by atoms with van der Waals surface area (Å²) in [5, 5.41) is 14.3. The van der Waals surface area contributed by atoms with Gasteiger partial charge in [-0.2, -0.15) is 0 Å². The van der Waals surface area contributed by atoms with Gasteiger partial charge in [-0.3, -0.25) is 14.9 Å². The van der Waals surface area contributed by atoms with Crippen LogP contribution in [-0.4, -0.2) is 35.4 Å². The second-order valence-electron chi connectivity index (χ2n) is 6.83. The van der Waals surface area contributed by atoms with Crippen LogP contribution in [0.5, 0.6) is 0 Å². The summed E-state index contributed by atoms with van der Waals surface area (Å²) in [7, 11) is 0. The molecule has 0 spiro atoms. The molecule has 3 rings (SSSR count). The molecule has 7 heteroatoms. The molecule has 0 saturated carbocycles. The van der Waals surface area contributed by atoms with E-state index in [-0.39, 0.29) is 30.0 Å². The van der Waals surface area contributed by atoms with Gasteiger partial charge >= 0.3 is 0 Å². The second-order valence-corrected chi connectivity index (χ2v) is 6.83. The zero-order valence-electron chi connectivity index (χ0n) is 16.0. The first-order valence-electron chi connectivity index (χ1n) is 9.41. The van der Waals surface area contributed by atoms with Gasteiger partial charge in [0.25, 0.3) is 5.69 Å². The van der Waals surface area contributed by atoms with Gasteiger partial charge < -0.3 is 10.2 Å². The van der Waals surface area contributed by atoms with Crippen LogP contribution in [0.4, 0.5) is 5.69 Å². The minimum absolute atomic E-state index is 0. The maximum absolute atomic E-state index is 12.9. The lowest BCUT2D eigenvalue weighted by atomic mass is 10.00. The quantitative estimate of drug-likeness (QED) is 0.589. The molecule has 150 valence electrons. The number of halogens is 1. The summed E-state index contributed by atoms with van der Waals surface area (Å²) >= 11 is 0. The van der Waals surface area contributed by atoms with Crippen molar-refractivity contribution in [2.75, 3.05) is 19.6 Å². The molecule has 0 bridgehead atoms. The summed E-state index contributed by atoms with van der Waals surface area (Å²) < 4.78 is 0. The number of piperazine rings is 1. The number of rotatable bonds is 6. The van der Waals surface area contributed by atoms with E-state index in [1.165, 1.54) is 11.6 Å². The molecule has 0 radical (unpaired) electrons. The van der Waals surface area contributed by atoms with Crippen molar-refractivity contribution in [1.82, 2.24) is 10.2 Å². The molecule has 28 heavy (non-hydrogen) atoms. The standard InChI is InChI=1S/C21H25N3O3.ClH/c1-2-16-6-9-18(10-7-16)20-15-22-12-13-23(20)21(25)11-8-17-4-3-5-19(14-17)24(26)27;/h3-7,9-10,14,20,22H,2,8,11-13,15H2,1H3;1H. The smallest absolute Gasteiger partial charge is 0.269 e. The van der Waals surface area contributed by atoms with E-state index in [0.717, 1.165) is 30.6 Å². The lowest BCUT2D eigenvalue weighted by molar-refractivity contribution is -0.384. The maximum Gasteiger partial charge on any atom is 0.269 e. The minimum atomic E-state index is -0.405. The molecule has 6 nitrogen and oxygen atoms in total. The predicted octanol–water partition coefficient (Wildman–Crippen LogP) is 3.68. The molecule has 1 saturated heterocycles. The lowest BCUT2D eigenvalue weighted by Gasteiger charge is -2.36. The van der Waals surface area contributed by atoms with Gasteiger partial charge in [-0.1, -0.05) is 43.3 Å². The molecule has 1 unspecified atom stereocenters. The zero-order valence-corrected chi connectivity index (χ0v) is 16.8. The van der Waals surface area contributed by atoms with Crippen molar-refractivity contribution < 1.29 is 9.72 Å². The highest BCUT2D eigenvalue weighted by Gasteiger charge is 2.27. The van der Waals surface area contributed by atoms with Crippen molar-refractivity contribution in [2.45, 2.75) is 32.2 Å². The van der Waals surface area contributed by atoms with Crippen LogP contribution in [0, 0.1) is 10.1 Å². The topological polar surface area (TPSA) is 75.5 Å². The van der Waals surface area contributed by atoms with Crippen molar-refractivity contribution in [3.05, 3.63) is 75.3 Å². The van der Waals surface area contributed by atoms with Crippen LogP contribution in [0.2, 0.25) is 0 Å². The van der Waals surface area contributed by atoms with Gasteiger partial charge in [0.2, 0.25) is 5.91 Å². The summed E-state index contributed by atoms with van der Waals surface area (Å²) in [6.07, 6.45) is 1.85. The Morgan fingerprint density at radius 2 is 1.96 bits per heavy atom. The van der Waals surface area contributed by atoms with Gasteiger partial charge in [0.1, 0.15) is 0 Å². The number of nitro groups is 1. The SMILES string of the molecule is CCc1ccc(C2CNCCN2C(=O)CCc2cccc([N+](=O)[O-])c2)cc1.Cl. The highest BCUT2D eigenvalue weighted by Crippen LogP contribution is 2.24. The van der Waals surface area contributed by atoms with Crippen LogP contribution < -0.4 is 5.32 Å². The van der Waals surface area contributed by atoms with Crippen molar-refractivity contribution in [3.63, 3.8) is 0 Å². The van der Waals surface area contributed by atoms with E-state index in [1.807, 2.05) is 11.0 Å². The molecule has 2 aromatic rings. The van der Waals surface area contributed by atoms with Gasteiger partial charge in [-0.15, -0.1) is 12.4 Å². The Balaban J connectivity index is 0.00000280. The van der Waals surface area contributed by atoms with Crippen molar-refractivity contribution >= 4 is 24.0 Å². The zero-order chi connectivity index (χ0) is 19.2. The van der Waals surface area contributed by atoms with E-state index >= 15 is 0 Å². The summed E-state index contributed by atoms with van der Waals surface area (Å²) in [6.45, 7) is 4.33. The number of carbonyl (C=O) groups excluding carboxylic acids is 1. The number of hydrogen-bond acceptors (Lipinski definition) is 4. The number of hydrogen-bond donors (Lipinski definition) is 1. The molecule has 1 heterocycles. The maximum atomic E-state index is 12.9. The molecular weight excluding hydrogens is 378 g/mol. The first-order chi connectivity index (χ1) is 13.1. The number of nitrogens with zero attached hydrogens (tertiary/aromatic N) is 2. The van der Waals surface area contributed by atoms with Crippen LogP contribution in [-0.2, 0) is 17.6 Å². The van der Waals surface area contributed by atoms with E-state index in [1.54, 1.807) is 12.1 Å². The molecule has 1 N–H and O–H groups in total. The van der Waals surface area contributed by atoms with Crippen LogP contribution in [0.25, 0.3) is 0 Å². The molecular formula is C21H26ClN3O3. The first-order valence-corrected chi connectivity index (χ1v) is 9.41. The van der Waals surface area contributed by atoms with Gasteiger partial charge in [0.05, 0.1) is 11.0 Å². The highest BCUT2D eigenvalue weighted by molar-refractivity contribution is 5.85. The Kier molecular flexibility index (Phi) is 7.96. The number of non-ortho nitro benzene ring substituents is 1. The van der Waals surface area contributed by atoms with Crippen LogP contribution in [0.15, 0.2) is 48.5 Å². The number of nitrogens with one attached hydrogen (secondary N) is 1. The third-order valence-electron chi connectivity index (χ3n) is 5.09. The Hall–Kier alpha value is -2.44. The van der Waals surface area contributed by atoms with E-state index in [2.05, 4.69) is 36.5 Å². The van der Waals surface area contributed by atoms with Crippen LogP contribution in [0.1, 0.15) is 36.1 Å². The second kappa shape index (κ2) is 10.2. The van der Waals surface area contributed by atoms with Crippen LogP contribution >= 0.6 is 12.4 Å². The van der Waals surface area contributed by atoms with Gasteiger partial charge in [0, 0.05) is 38.2 Å². The minimum Gasteiger partial charge on any atom is -0.333 e. The number of aryl methyl sites for hydroxylation is 2. The normalized spacial score (nSPS) is 16.3. The molecule has 1 atom stereocenters. The summed E-state index contributed by atoms with van der Waals surface area (Å²) in [5.41, 5.74) is 3.31. The predicted molar refractivity (Wildman–Crippen MR) is 112 cm³/mol. The molecule has 2 aromatic carbocycles. The highest BCUT2D eigenvalue weighted by atomic mass is 35.5. The number of nitro benzene ring substituents is 1. The molecule has 1 fully saturated rings. The molecule has 1 aliphatic heterocycles. The Labute approximate surface area is 171 Å². The van der Waals surface area contributed by atoms with Crippen molar-refractivity contribution in [2.24, 2.45) is 0 Å². The van der Waals surface area contributed by atoms with Gasteiger partial charge in [-0.05, 0) is 29.5 Å². The Morgan fingerprint density at radius 1 is 1.21 bits per heavy atom. The lowest BCUT2D eigenvalue weighted by Crippen LogP contribution is -2.48. The average molecular weight is 404 g/mol. The largest absolute Gasteiger partial charge is 0.333 e. The molecule has 0 aromatic heterocycles. The fourth-order valence-corrected chi connectivity index (χ4v) is 3.50.